The predicted molar refractivity (Wildman–Crippen MR) is 202 cm³/mol. The summed E-state index contributed by atoms with van der Waals surface area (Å²) in [5.41, 5.74) is -1.13. The number of amides is 5. The maximum atomic E-state index is 14.5. The van der Waals surface area contributed by atoms with Crippen LogP contribution in [0, 0.1) is 11.7 Å². The van der Waals surface area contributed by atoms with E-state index in [4.69, 9.17) is 13.9 Å². The number of sulfonamides is 1. The van der Waals surface area contributed by atoms with E-state index in [0.29, 0.717) is 41.4 Å². The van der Waals surface area contributed by atoms with E-state index in [1.165, 1.54) is 21.9 Å². The second-order valence-electron chi connectivity index (χ2n) is 16.4. The summed E-state index contributed by atoms with van der Waals surface area (Å²) < 4.78 is 60.4. The third-order valence-electron chi connectivity index (χ3n) is 11.1. The third-order valence-corrected chi connectivity index (χ3v) is 12.3. The summed E-state index contributed by atoms with van der Waals surface area (Å²) in [4.78, 5) is 71.8. The fourth-order valence-corrected chi connectivity index (χ4v) is 9.11. The molecule has 0 radical (unpaired) electrons. The van der Waals surface area contributed by atoms with Crippen molar-refractivity contribution in [1.82, 2.24) is 25.2 Å². The highest BCUT2D eigenvalue weighted by atomic mass is 32.2. The Bertz CT molecular complexity index is 2150. The first-order chi connectivity index (χ1) is 27.0. The SMILES string of the molecule is CC(C)(C)OC(=O)N[C@H]1CCCCCCC[C@@H]2C[C@@]2(C(=O)NS(=O)(=O)c2cc3ccccc3o2)NC(=O)[C@@H]2C[C@@H](OC(=O)N3Cc4cccc(F)c4C3)CN2C1=O. The lowest BCUT2D eigenvalue weighted by Crippen LogP contribution is -2.58. The summed E-state index contributed by atoms with van der Waals surface area (Å²) in [6.45, 7) is 4.96. The summed E-state index contributed by atoms with van der Waals surface area (Å²) in [7, 11) is -4.50. The van der Waals surface area contributed by atoms with Gasteiger partial charge in [-0.3, -0.25) is 19.3 Å². The Morgan fingerprint density at radius 2 is 1.72 bits per heavy atom. The van der Waals surface area contributed by atoms with Gasteiger partial charge in [0.1, 0.15) is 40.7 Å². The van der Waals surface area contributed by atoms with E-state index in [0.717, 1.165) is 19.3 Å². The minimum Gasteiger partial charge on any atom is -0.444 e. The molecular weight excluding hydrogens is 762 g/mol. The molecule has 1 saturated carbocycles. The van der Waals surface area contributed by atoms with Gasteiger partial charge in [0.15, 0.2) is 0 Å². The molecule has 3 fully saturated rings. The van der Waals surface area contributed by atoms with Gasteiger partial charge in [-0.2, -0.15) is 8.42 Å². The molecule has 306 valence electrons. The minimum absolute atomic E-state index is 0.0159. The van der Waals surface area contributed by atoms with Gasteiger partial charge in [-0.05, 0) is 63.6 Å². The number of alkyl carbamates (subject to hydrolysis) is 1. The van der Waals surface area contributed by atoms with Crippen molar-refractivity contribution in [2.75, 3.05) is 6.54 Å². The molecular formula is C40H48FN5O10S. The Hall–Kier alpha value is -5.19. The average molecular weight is 810 g/mol. The van der Waals surface area contributed by atoms with Crippen LogP contribution in [0.5, 0.6) is 0 Å². The first-order valence-corrected chi connectivity index (χ1v) is 20.9. The van der Waals surface area contributed by atoms with Gasteiger partial charge in [0.2, 0.25) is 16.9 Å². The Balaban J connectivity index is 1.14. The highest BCUT2D eigenvalue weighted by Crippen LogP contribution is 2.48. The lowest BCUT2D eigenvalue weighted by molar-refractivity contribution is -0.141. The third kappa shape index (κ3) is 8.72. The van der Waals surface area contributed by atoms with E-state index < -0.39 is 86.1 Å². The zero-order valence-electron chi connectivity index (χ0n) is 32.2. The number of fused-ring (bicyclic) bond motifs is 4. The Kier molecular flexibility index (Phi) is 11.0. The van der Waals surface area contributed by atoms with Gasteiger partial charge in [0, 0.05) is 30.0 Å². The average Bonchev–Trinajstić information content (AvgIpc) is 3.52. The quantitative estimate of drug-likeness (QED) is 0.316. The van der Waals surface area contributed by atoms with Crippen molar-refractivity contribution in [1.29, 1.82) is 0 Å². The Morgan fingerprint density at radius 3 is 2.46 bits per heavy atom. The monoisotopic (exact) mass is 809 g/mol. The number of furan rings is 1. The number of ether oxygens (including phenoxy) is 2. The molecule has 3 aliphatic heterocycles. The highest BCUT2D eigenvalue weighted by Gasteiger charge is 2.62. The second-order valence-corrected chi connectivity index (χ2v) is 18.0. The van der Waals surface area contributed by atoms with Crippen molar-refractivity contribution in [3.8, 4) is 0 Å². The van der Waals surface area contributed by atoms with Crippen LogP contribution >= 0.6 is 0 Å². The molecule has 5 amide bonds. The van der Waals surface area contributed by atoms with Crippen LogP contribution in [-0.4, -0.2) is 84.0 Å². The number of halogens is 1. The molecule has 0 unspecified atom stereocenters. The summed E-state index contributed by atoms with van der Waals surface area (Å²) in [6, 6.07) is 10.2. The number of rotatable bonds is 5. The molecule has 15 nitrogen and oxygen atoms in total. The summed E-state index contributed by atoms with van der Waals surface area (Å²) in [5.74, 6) is -3.13. The summed E-state index contributed by atoms with van der Waals surface area (Å²) >= 11 is 0. The lowest BCUT2D eigenvalue weighted by atomic mass is 10.0. The van der Waals surface area contributed by atoms with Crippen molar-refractivity contribution >= 4 is 50.9 Å². The molecule has 0 spiro atoms. The second kappa shape index (κ2) is 15.6. The first kappa shape index (κ1) is 40.0. The largest absolute Gasteiger partial charge is 0.444 e. The molecule has 7 rings (SSSR count). The number of para-hydroxylation sites is 1. The van der Waals surface area contributed by atoms with E-state index in [-0.39, 0.29) is 38.9 Å². The van der Waals surface area contributed by atoms with Crippen molar-refractivity contribution in [2.45, 2.75) is 126 Å². The van der Waals surface area contributed by atoms with Crippen molar-refractivity contribution in [2.24, 2.45) is 5.92 Å². The first-order valence-electron chi connectivity index (χ1n) is 19.4. The molecule has 4 aliphatic rings. The molecule has 2 saturated heterocycles. The molecule has 0 bridgehead atoms. The molecule has 4 heterocycles. The van der Waals surface area contributed by atoms with Gasteiger partial charge in [-0.15, -0.1) is 0 Å². The summed E-state index contributed by atoms with van der Waals surface area (Å²) in [6.07, 6.45) is 1.87. The van der Waals surface area contributed by atoms with E-state index in [1.807, 2.05) is 0 Å². The fraction of sp³-hybridized carbons (Fsp3) is 0.525. The molecule has 3 aromatic rings. The smallest absolute Gasteiger partial charge is 0.410 e. The lowest BCUT2D eigenvalue weighted by Gasteiger charge is -2.30. The van der Waals surface area contributed by atoms with Crippen LogP contribution in [0.2, 0.25) is 0 Å². The zero-order chi connectivity index (χ0) is 40.7. The maximum absolute atomic E-state index is 14.5. The van der Waals surface area contributed by atoms with Gasteiger partial charge in [-0.25, -0.2) is 18.7 Å². The van der Waals surface area contributed by atoms with Crippen molar-refractivity contribution < 1.29 is 50.7 Å². The number of carbonyl (C=O) groups excluding carboxylic acids is 5. The number of benzene rings is 2. The zero-order valence-corrected chi connectivity index (χ0v) is 33.0. The van der Waals surface area contributed by atoms with E-state index in [2.05, 4.69) is 15.4 Å². The normalized spacial score (nSPS) is 25.6. The fourth-order valence-electron chi connectivity index (χ4n) is 8.10. The number of nitrogens with one attached hydrogen (secondary N) is 3. The molecule has 3 N–H and O–H groups in total. The number of hydrogen-bond acceptors (Lipinski definition) is 10. The van der Waals surface area contributed by atoms with Gasteiger partial charge < -0.3 is 29.4 Å². The van der Waals surface area contributed by atoms with Crippen molar-refractivity contribution in [3.63, 3.8) is 0 Å². The van der Waals surface area contributed by atoms with E-state index >= 15 is 0 Å². The van der Waals surface area contributed by atoms with Crippen LogP contribution in [0.1, 0.15) is 89.7 Å². The van der Waals surface area contributed by atoms with Crippen LogP contribution in [-0.2, 0) is 47.0 Å². The molecule has 1 aromatic heterocycles. The molecule has 17 heteroatoms. The summed E-state index contributed by atoms with van der Waals surface area (Å²) in [5, 5.41) is 5.56. The maximum Gasteiger partial charge on any atom is 0.410 e. The van der Waals surface area contributed by atoms with Gasteiger partial charge in [0.25, 0.3) is 15.9 Å². The van der Waals surface area contributed by atoms with Crippen LogP contribution in [0.4, 0.5) is 14.0 Å². The highest BCUT2D eigenvalue weighted by molar-refractivity contribution is 7.90. The Morgan fingerprint density at radius 1 is 0.982 bits per heavy atom. The van der Waals surface area contributed by atoms with Crippen molar-refractivity contribution in [3.05, 3.63) is 65.5 Å². The standard InChI is InChI=1S/C40H48FN5O10S/c1-39(2,3)56-37(50)42-30-16-8-6-4-5-7-14-26-20-40(26,36(49)44-57(52,53)33-18-24-12-9-10-17-32(24)55-33)43-34(47)31-19-27(22-46(31)35(30)48)54-38(51)45-21-25-13-11-15-29(41)28(25)23-45/h9-13,15,17-18,26-27,30-31H,4-8,14,16,19-23H2,1-3H3,(H,42,50)(H,43,47)(H,44,49)/t26-,27-,30+,31+,40-/m1/s1. The minimum atomic E-state index is -4.50. The van der Waals surface area contributed by atoms with Gasteiger partial charge in [0.05, 0.1) is 13.1 Å². The number of nitrogens with zero attached hydrogens (tertiary/aromatic N) is 2. The molecule has 5 atom stereocenters. The molecule has 57 heavy (non-hydrogen) atoms. The van der Waals surface area contributed by atoms with Gasteiger partial charge >= 0.3 is 12.2 Å². The van der Waals surface area contributed by atoms with Crippen LogP contribution in [0.25, 0.3) is 11.0 Å². The topological polar surface area (TPSA) is 194 Å². The van der Waals surface area contributed by atoms with Gasteiger partial charge in [-0.1, -0.05) is 62.4 Å². The number of carbonyl (C=O) groups is 5. The van der Waals surface area contributed by atoms with Crippen LogP contribution in [0.15, 0.2) is 58.0 Å². The van der Waals surface area contributed by atoms with E-state index in [1.54, 1.807) is 57.2 Å². The molecule has 2 aromatic carbocycles. The number of hydrogen-bond donors (Lipinski definition) is 3. The van der Waals surface area contributed by atoms with Crippen LogP contribution in [0.3, 0.4) is 0 Å². The molecule has 1 aliphatic carbocycles. The Labute approximate surface area is 330 Å². The van der Waals surface area contributed by atoms with E-state index in [9.17, 15) is 36.8 Å². The predicted octanol–water partition coefficient (Wildman–Crippen LogP) is 5.01. The van der Waals surface area contributed by atoms with Crippen LogP contribution < -0.4 is 15.4 Å².